The van der Waals surface area contributed by atoms with Crippen LogP contribution in [0.1, 0.15) is 36.4 Å². The first-order valence-corrected chi connectivity index (χ1v) is 7.82. The molecule has 1 aromatic heterocycles. The molecular formula is C19H20N2O2. The maximum absolute atomic E-state index is 12.1. The number of para-hydroxylation sites is 2. The second-order valence-electron chi connectivity index (χ2n) is 5.79. The molecule has 4 nitrogen and oxygen atoms in total. The van der Waals surface area contributed by atoms with Gasteiger partial charge in [-0.15, -0.1) is 0 Å². The number of nitrogens with zero attached hydrogens (tertiary/aromatic N) is 1. The van der Waals surface area contributed by atoms with E-state index in [2.05, 4.69) is 41.5 Å². The Kier molecular flexibility index (Phi) is 4.42. The molecule has 0 bridgehead atoms. The summed E-state index contributed by atoms with van der Waals surface area (Å²) in [5, 5.41) is 2.94. The normalized spacial score (nSPS) is 12.3. The summed E-state index contributed by atoms with van der Waals surface area (Å²) < 4.78 is 5.68. The number of amides is 1. The molecule has 1 atom stereocenters. The average molecular weight is 308 g/mol. The van der Waals surface area contributed by atoms with Crippen molar-refractivity contribution in [2.75, 3.05) is 0 Å². The molecule has 3 aromatic rings. The molecule has 0 spiro atoms. The van der Waals surface area contributed by atoms with Gasteiger partial charge in [-0.3, -0.25) is 4.79 Å². The number of hydrogen-bond acceptors (Lipinski definition) is 3. The summed E-state index contributed by atoms with van der Waals surface area (Å²) in [4.78, 5) is 16.5. The van der Waals surface area contributed by atoms with Crippen LogP contribution < -0.4 is 5.32 Å². The van der Waals surface area contributed by atoms with Crippen molar-refractivity contribution in [3.63, 3.8) is 0 Å². The van der Waals surface area contributed by atoms with Crippen molar-refractivity contribution in [2.24, 2.45) is 0 Å². The summed E-state index contributed by atoms with van der Waals surface area (Å²) in [7, 11) is 0. The van der Waals surface area contributed by atoms with Gasteiger partial charge in [-0.05, 0) is 38.0 Å². The van der Waals surface area contributed by atoms with E-state index in [-0.39, 0.29) is 11.9 Å². The fourth-order valence-electron chi connectivity index (χ4n) is 2.46. The molecule has 0 aliphatic rings. The zero-order valence-corrected chi connectivity index (χ0v) is 13.4. The Morgan fingerprint density at radius 3 is 2.65 bits per heavy atom. The highest BCUT2D eigenvalue weighted by Crippen LogP contribution is 2.19. The number of carbonyl (C=O) groups is 1. The fraction of sp³-hybridized carbons (Fsp3) is 0.263. The second kappa shape index (κ2) is 6.65. The van der Waals surface area contributed by atoms with Crippen LogP contribution in [0.25, 0.3) is 11.1 Å². The monoisotopic (exact) mass is 308 g/mol. The van der Waals surface area contributed by atoms with Crippen LogP contribution in [-0.4, -0.2) is 10.9 Å². The molecule has 4 heteroatoms. The van der Waals surface area contributed by atoms with Gasteiger partial charge in [0.2, 0.25) is 11.8 Å². The minimum Gasteiger partial charge on any atom is -0.438 e. The topological polar surface area (TPSA) is 55.1 Å². The van der Waals surface area contributed by atoms with E-state index in [0.29, 0.717) is 12.3 Å². The van der Waals surface area contributed by atoms with E-state index < -0.39 is 0 Å². The van der Waals surface area contributed by atoms with Crippen LogP contribution in [0.5, 0.6) is 0 Å². The Bertz CT molecular complexity index is 773. The number of fused-ring (bicyclic) bond motifs is 1. The number of aryl methyl sites for hydroxylation is 2. The molecule has 2 aromatic carbocycles. The zero-order chi connectivity index (χ0) is 16.2. The van der Waals surface area contributed by atoms with Crippen molar-refractivity contribution in [2.45, 2.75) is 32.7 Å². The van der Waals surface area contributed by atoms with Gasteiger partial charge in [-0.25, -0.2) is 4.98 Å². The molecule has 0 saturated heterocycles. The largest absolute Gasteiger partial charge is 0.438 e. The molecule has 23 heavy (non-hydrogen) atoms. The van der Waals surface area contributed by atoms with Crippen LogP contribution in [-0.2, 0) is 11.2 Å². The summed E-state index contributed by atoms with van der Waals surface area (Å²) in [6.07, 6.45) is 1.18. The van der Waals surface area contributed by atoms with Crippen molar-refractivity contribution < 1.29 is 9.21 Å². The summed E-state index contributed by atoms with van der Waals surface area (Å²) in [6, 6.07) is 15.6. The van der Waals surface area contributed by atoms with Gasteiger partial charge >= 0.3 is 0 Å². The molecule has 1 N–H and O–H groups in total. The Hall–Kier alpha value is -2.62. The summed E-state index contributed by atoms with van der Waals surface area (Å²) in [5.74, 6) is 0.537. The molecule has 0 saturated carbocycles. The van der Waals surface area contributed by atoms with E-state index in [1.807, 2.05) is 31.2 Å². The number of carbonyl (C=O) groups excluding carboxylic acids is 1. The zero-order valence-electron chi connectivity index (χ0n) is 13.4. The molecule has 0 radical (unpaired) electrons. The summed E-state index contributed by atoms with van der Waals surface area (Å²) in [6.45, 7) is 3.94. The van der Waals surface area contributed by atoms with Gasteiger partial charge < -0.3 is 9.73 Å². The molecule has 0 aliphatic heterocycles. The molecule has 0 aliphatic carbocycles. The molecule has 1 amide bonds. The predicted octanol–water partition coefficient (Wildman–Crippen LogP) is 3.95. The third kappa shape index (κ3) is 3.77. The van der Waals surface area contributed by atoms with Crippen molar-refractivity contribution in [3.8, 4) is 0 Å². The smallest absolute Gasteiger partial charge is 0.220 e. The standard InChI is InChI=1S/C19H20N2O2/c1-13-7-9-15(10-8-13)11-12-18(22)20-14(2)19-21-16-5-3-4-6-17(16)23-19/h3-10,14H,11-12H2,1-2H3,(H,20,22). The Morgan fingerprint density at radius 1 is 1.17 bits per heavy atom. The average Bonchev–Trinajstić information content (AvgIpc) is 2.98. The highest BCUT2D eigenvalue weighted by atomic mass is 16.3. The Morgan fingerprint density at radius 2 is 1.91 bits per heavy atom. The van der Waals surface area contributed by atoms with Crippen molar-refractivity contribution in [3.05, 3.63) is 65.5 Å². The quantitative estimate of drug-likeness (QED) is 0.776. The van der Waals surface area contributed by atoms with Crippen molar-refractivity contribution in [1.29, 1.82) is 0 Å². The van der Waals surface area contributed by atoms with Gasteiger partial charge in [0.15, 0.2) is 5.58 Å². The van der Waals surface area contributed by atoms with Crippen molar-refractivity contribution >= 4 is 17.0 Å². The Balaban J connectivity index is 1.57. The third-order valence-corrected chi connectivity index (χ3v) is 3.82. The number of aromatic nitrogens is 1. The first kappa shape index (κ1) is 15.3. The highest BCUT2D eigenvalue weighted by Gasteiger charge is 2.15. The number of benzene rings is 2. The first-order valence-electron chi connectivity index (χ1n) is 7.82. The van der Waals surface area contributed by atoms with E-state index in [1.165, 1.54) is 11.1 Å². The summed E-state index contributed by atoms with van der Waals surface area (Å²) in [5.41, 5.74) is 3.94. The molecular weight excluding hydrogens is 288 g/mol. The van der Waals surface area contributed by atoms with Gasteiger partial charge in [0.05, 0.1) is 0 Å². The highest BCUT2D eigenvalue weighted by molar-refractivity contribution is 5.77. The number of oxazole rings is 1. The first-order chi connectivity index (χ1) is 11.1. The van der Waals surface area contributed by atoms with Crippen LogP contribution in [0.2, 0.25) is 0 Å². The van der Waals surface area contributed by atoms with Gasteiger partial charge in [-0.2, -0.15) is 0 Å². The van der Waals surface area contributed by atoms with E-state index in [9.17, 15) is 4.79 Å². The van der Waals surface area contributed by atoms with Crippen LogP contribution in [0.3, 0.4) is 0 Å². The number of hydrogen-bond donors (Lipinski definition) is 1. The molecule has 1 unspecified atom stereocenters. The fourth-order valence-corrected chi connectivity index (χ4v) is 2.46. The second-order valence-corrected chi connectivity index (χ2v) is 5.79. The molecule has 3 rings (SSSR count). The van der Waals surface area contributed by atoms with E-state index >= 15 is 0 Å². The predicted molar refractivity (Wildman–Crippen MR) is 90.1 cm³/mol. The summed E-state index contributed by atoms with van der Waals surface area (Å²) >= 11 is 0. The lowest BCUT2D eigenvalue weighted by atomic mass is 10.1. The van der Waals surface area contributed by atoms with Crippen LogP contribution >= 0.6 is 0 Å². The minimum atomic E-state index is -0.243. The van der Waals surface area contributed by atoms with E-state index in [1.54, 1.807) is 0 Å². The Labute approximate surface area is 135 Å². The SMILES string of the molecule is Cc1ccc(CCC(=O)NC(C)c2nc3ccccc3o2)cc1. The van der Waals surface area contributed by atoms with Gasteiger partial charge in [0.25, 0.3) is 0 Å². The number of rotatable bonds is 5. The van der Waals surface area contributed by atoms with Gasteiger partial charge in [-0.1, -0.05) is 42.0 Å². The van der Waals surface area contributed by atoms with Crippen LogP contribution in [0, 0.1) is 6.92 Å². The maximum Gasteiger partial charge on any atom is 0.220 e. The minimum absolute atomic E-state index is 0.000307. The molecule has 0 fully saturated rings. The maximum atomic E-state index is 12.1. The third-order valence-electron chi connectivity index (χ3n) is 3.82. The van der Waals surface area contributed by atoms with E-state index in [0.717, 1.165) is 17.5 Å². The van der Waals surface area contributed by atoms with Gasteiger partial charge in [0, 0.05) is 6.42 Å². The molecule has 118 valence electrons. The lowest BCUT2D eigenvalue weighted by Gasteiger charge is -2.10. The van der Waals surface area contributed by atoms with Crippen LogP contribution in [0.4, 0.5) is 0 Å². The van der Waals surface area contributed by atoms with Gasteiger partial charge in [0.1, 0.15) is 11.6 Å². The van der Waals surface area contributed by atoms with E-state index in [4.69, 9.17) is 4.42 Å². The van der Waals surface area contributed by atoms with Crippen LogP contribution in [0.15, 0.2) is 52.9 Å². The lowest BCUT2D eigenvalue weighted by molar-refractivity contribution is -0.121. The number of nitrogens with one attached hydrogen (secondary N) is 1. The molecule has 1 heterocycles. The lowest BCUT2D eigenvalue weighted by Crippen LogP contribution is -2.27. The van der Waals surface area contributed by atoms with Crippen molar-refractivity contribution in [1.82, 2.24) is 10.3 Å².